The fraction of sp³-hybridized carbons (Fsp3) is 0.526. The van der Waals surface area contributed by atoms with Gasteiger partial charge in [-0.25, -0.2) is 0 Å². The number of carbonyl (C=O) groups excluding carboxylic acids is 1. The number of hydrogen-bond acceptors (Lipinski definition) is 6. The summed E-state index contributed by atoms with van der Waals surface area (Å²) in [6.45, 7) is 5.07. The zero-order chi connectivity index (χ0) is 18.1. The van der Waals surface area contributed by atoms with Crippen molar-refractivity contribution in [2.24, 2.45) is 5.92 Å². The number of aromatic nitrogens is 2. The van der Waals surface area contributed by atoms with Crippen LogP contribution < -0.4 is 0 Å². The largest absolute Gasteiger partial charge is 0.381 e. The zero-order valence-electron chi connectivity index (χ0n) is 15.2. The second-order valence-electron chi connectivity index (χ2n) is 7.17. The summed E-state index contributed by atoms with van der Waals surface area (Å²) >= 11 is 0. The highest BCUT2D eigenvalue weighted by Crippen LogP contribution is 2.34. The van der Waals surface area contributed by atoms with Crippen LogP contribution in [0, 0.1) is 12.8 Å². The lowest BCUT2D eigenvalue weighted by molar-refractivity contribution is -0.0159. The molecule has 2 aliphatic heterocycles. The standard InChI is InChI=1S/C19H24N4O3/c1-13-8-16(21-26-13)19(24)23-7-5-18(25-2)15-11-22(12-17(15)23)10-14-4-3-6-20-9-14/h3-4,6,8-9,15,17-18H,5,7,10-12H2,1-2H3/t15-,17+,18+/m0/s1. The Labute approximate surface area is 152 Å². The minimum Gasteiger partial charge on any atom is -0.381 e. The maximum Gasteiger partial charge on any atom is 0.276 e. The maximum absolute atomic E-state index is 12.9. The number of amides is 1. The van der Waals surface area contributed by atoms with E-state index in [2.05, 4.69) is 21.1 Å². The first-order valence-electron chi connectivity index (χ1n) is 9.04. The van der Waals surface area contributed by atoms with E-state index in [4.69, 9.17) is 9.26 Å². The maximum atomic E-state index is 12.9. The second-order valence-corrected chi connectivity index (χ2v) is 7.17. The molecule has 2 aromatic rings. The minimum atomic E-state index is -0.0466. The van der Waals surface area contributed by atoms with Gasteiger partial charge in [0.25, 0.3) is 5.91 Å². The highest BCUT2D eigenvalue weighted by atomic mass is 16.5. The van der Waals surface area contributed by atoms with Gasteiger partial charge in [0, 0.05) is 57.7 Å². The molecule has 7 heteroatoms. The number of carbonyl (C=O) groups is 1. The first-order valence-corrected chi connectivity index (χ1v) is 9.04. The number of likely N-dealkylation sites (tertiary alicyclic amines) is 2. The number of hydrogen-bond donors (Lipinski definition) is 0. The Hall–Kier alpha value is -2.25. The van der Waals surface area contributed by atoms with E-state index < -0.39 is 0 Å². The number of pyridine rings is 1. The van der Waals surface area contributed by atoms with Crippen molar-refractivity contribution in [3.63, 3.8) is 0 Å². The smallest absolute Gasteiger partial charge is 0.276 e. The highest BCUT2D eigenvalue weighted by molar-refractivity contribution is 5.92. The van der Waals surface area contributed by atoms with Gasteiger partial charge in [-0.2, -0.15) is 0 Å². The number of nitrogens with zero attached hydrogens (tertiary/aromatic N) is 4. The second kappa shape index (κ2) is 7.17. The number of methoxy groups -OCH3 is 1. The average Bonchev–Trinajstić information content (AvgIpc) is 3.27. The molecule has 2 aromatic heterocycles. The third-order valence-corrected chi connectivity index (χ3v) is 5.48. The van der Waals surface area contributed by atoms with E-state index in [0.717, 1.165) is 26.1 Å². The van der Waals surface area contributed by atoms with Crippen molar-refractivity contribution in [1.82, 2.24) is 19.9 Å². The number of rotatable bonds is 4. The van der Waals surface area contributed by atoms with Crippen molar-refractivity contribution >= 4 is 5.91 Å². The Morgan fingerprint density at radius 1 is 1.42 bits per heavy atom. The molecule has 0 bridgehead atoms. The number of aryl methyl sites for hydroxylation is 1. The molecule has 2 saturated heterocycles. The average molecular weight is 356 g/mol. The van der Waals surface area contributed by atoms with E-state index in [1.807, 2.05) is 17.2 Å². The van der Waals surface area contributed by atoms with Crippen LogP contribution in [0.3, 0.4) is 0 Å². The molecule has 4 heterocycles. The zero-order valence-corrected chi connectivity index (χ0v) is 15.2. The summed E-state index contributed by atoms with van der Waals surface area (Å²) in [5.74, 6) is 0.915. The van der Waals surface area contributed by atoms with Crippen LogP contribution in [0.4, 0.5) is 0 Å². The van der Waals surface area contributed by atoms with Crippen molar-refractivity contribution in [3.05, 3.63) is 47.6 Å². The molecular weight excluding hydrogens is 332 g/mol. The topological polar surface area (TPSA) is 71.7 Å². The molecular formula is C19H24N4O3. The third kappa shape index (κ3) is 3.24. The lowest BCUT2D eigenvalue weighted by Crippen LogP contribution is -2.53. The number of fused-ring (bicyclic) bond motifs is 1. The van der Waals surface area contributed by atoms with Crippen LogP contribution in [0.25, 0.3) is 0 Å². The van der Waals surface area contributed by atoms with Gasteiger partial charge in [-0.15, -0.1) is 0 Å². The number of ether oxygens (including phenoxy) is 1. The van der Waals surface area contributed by atoms with Gasteiger partial charge in [-0.3, -0.25) is 14.7 Å². The SMILES string of the molecule is CO[C@@H]1CCN(C(=O)c2cc(C)on2)[C@@H]2CN(Cc3cccnc3)C[C@@H]21. The quantitative estimate of drug-likeness (QED) is 0.831. The summed E-state index contributed by atoms with van der Waals surface area (Å²) in [4.78, 5) is 21.5. The van der Waals surface area contributed by atoms with Gasteiger partial charge in [0.2, 0.25) is 0 Å². The Morgan fingerprint density at radius 2 is 2.31 bits per heavy atom. The Balaban J connectivity index is 1.52. The molecule has 2 fully saturated rings. The van der Waals surface area contributed by atoms with Gasteiger partial charge in [-0.05, 0) is 25.0 Å². The summed E-state index contributed by atoms with van der Waals surface area (Å²) in [7, 11) is 1.77. The number of piperidine rings is 1. The van der Waals surface area contributed by atoms with Crippen molar-refractivity contribution in [3.8, 4) is 0 Å². The van der Waals surface area contributed by atoms with E-state index in [0.29, 0.717) is 23.9 Å². The van der Waals surface area contributed by atoms with Crippen LogP contribution in [-0.4, -0.2) is 64.7 Å². The molecule has 7 nitrogen and oxygen atoms in total. The van der Waals surface area contributed by atoms with Gasteiger partial charge in [0.05, 0.1) is 12.1 Å². The Bertz CT molecular complexity index is 763. The Morgan fingerprint density at radius 3 is 3.00 bits per heavy atom. The molecule has 0 aliphatic carbocycles. The van der Waals surface area contributed by atoms with Crippen LogP contribution in [-0.2, 0) is 11.3 Å². The Kier molecular flexibility index (Phi) is 4.74. The van der Waals surface area contributed by atoms with E-state index in [1.54, 1.807) is 26.3 Å². The van der Waals surface area contributed by atoms with Crippen LogP contribution >= 0.6 is 0 Å². The molecule has 0 radical (unpaired) electrons. The van der Waals surface area contributed by atoms with Crippen molar-refractivity contribution in [2.75, 3.05) is 26.7 Å². The predicted molar refractivity (Wildman–Crippen MR) is 94.5 cm³/mol. The van der Waals surface area contributed by atoms with Crippen molar-refractivity contribution in [2.45, 2.75) is 32.0 Å². The molecule has 0 spiro atoms. The third-order valence-electron chi connectivity index (χ3n) is 5.48. The van der Waals surface area contributed by atoms with Crippen LogP contribution in [0.2, 0.25) is 0 Å². The van der Waals surface area contributed by atoms with Gasteiger partial charge < -0.3 is 14.2 Å². The van der Waals surface area contributed by atoms with Gasteiger partial charge >= 0.3 is 0 Å². The first kappa shape index (κ1) is 17.2. The molecule has 4 rings (SSSR count). The molecule has 26 heavy (non-hydrogen) atoms. The molecule has 2 aliphatic rings. The lowest BCUT2D eigenvalue weighted by Gasteiger charge is -2.40. The van der Waals surface area contributed by atoms with Crippen LogP contribution in [0.1, 0.15) is 28.2 Å². The molecule has 0 N–H and O–H groups in total. The molecule has 0 unspecified atom stereocenters. The summed E-state index contributed by atoms with van der Waals surface area (Å²) in [5, 5.41) is 3.91. The van der Waals surface area contributed by atoms with Crippen molar-refractivity contribution < 1.29 is 14.1 Å². The van der Waals surface area contributed by atoms with E-state index in [1.165, 1.54) is 5.56 Å². The summed E-state index contributed by atoms with van der Waals surface area (Å²) < 4.78 is 10.8. The molecule has 0 aromatic carbocycles. The molecule has 1 amide bonds. The van der Waals surface area contributed by atoms with Gasteiger partial charge in [0.15, 0.2) is 5.69 Å². The summed E-state index contributed by atoms with van der Waals surface area (Å²) in [6.07, 6.45) is 4.72. The summed E-state index contributed by atoms with van der Waals surface area (Å²) in [5.41, 5.74) is 1.58. The molecule has 3 atom stereocenters. The van der Waals surface area contributed by atoms with E-state index in [9.17, 15) is 4.79 Å². The first-order chi connectivity index (χ1) is 12.7. The highest BCUT2D eigenvalue weighted by Gasteiger charge is 2.46. The molecule has 0 saturated carbocycles. The fourth-order valence-electron chi connectivity index (χ4n) is 4.27. The summed E-state index contributed by atoms with van der Waals surface area (Å²) in [6, 6.07) is 5.89. The minimum absolute atomic E-state index is 0.0466. The lowest BCUT2D eigenvalue weighted by atomic mass is 9.89. The van der Waals surface area contributed by atoms with Crippen LogP contribution in [0.15, 0.2) is 35.1 Å². The van der Waals surface area contributed by atoms with E-state index in [-0.39, 0.29) is 18.1 Å². The van der Waals surface area contributed by atoms with Crippen molar-refractivity contribution in [1.29, 1.82) is 0 Å². The fourth-order valence-corrected chi connectivity index (χ4v) is 4.27. The predicted octanol–water partition coefficient (Wildman–Crippen LogP) is 1.74. The van der Waals surface area contributed by atoms with E-state index >= 15 is 0 Å². The van der Waals surface area contributed by atoms with Gasteiger partial charge in [0.1, 0.15) is 5.76 Å². The molecule has 138 valence electrons. The normalized spacial score (nSPS) is 26.1. The van der Waals surface area contributed by atoms with Crippen LogP contribution in [0.5, 0.6) is 0 Å². The van der Waals surface area contributed by atoms with Gasteiger partial charge in [-0.1, -0.05) is 11.2 Å². The monoisotopic (exact) mass is 356 g/mol.